The lowest BCUT2D eigenvalue weighted by Crippen LogP contribution is -2.17. The normalized spacial score (nSPS) is 10.8. The van der Waals surface area contributed by atoms with Crippen molar-refractivity contribution in [1.29, 1.82) is 0 Å². The summed E-state index contributed by atoms with van der Waals surface area (Å²) >= 11 is 3.46. The van der Waals surface area contributed by atoms with E-state index in [4.69, 9.17) is 14.2 Å². The van der Waals surface area contributed by atoms with Gasteiger partial charge in [-0.2, -0.15) is 5.10 Å². The van der Waals surface area contributed by atoms with Crippen LogP contribution in [0.5, 0.6) is 17.2 Å². The maximum atomic E-state index is 12.6. The molecular weight excluding hydrogens is 484 g/mol. The van der Waals surface area contributed by atoms with E-state index in [0.717, 1.165) is 28.4 Å². The number of hydrogen-bond acceptors (Lipinski definition) is 5. The third-order valence-electron chi connectivity index (χ3n) is 4.76. The summed E-state index contributed by atoms with van der Waals surface area (Å²) in [5, 5.41) is 4.10. The fourth-order valence-corrected chi connectivity index (χ4v) is 3.35. The molecule has 0 aromatic heterocycles. The van der Waals surface area contributed by atoms with E-state index in [1.807, 2.05) is 48.5 Å². The third kappa shape index (κ3) is 7.36. The summed E-state index contributed by atoms with van der Waals surface area (Å²) < 4.78 is 18.0. The number of halogens is 1. The van der Waals surface area contributed by atoms with Crippen LogP contribution in [0.15, 0.2) is 76.3 Å². The number of nitrogens with zero attached hydrogens (tertiary/aromatic N) is 1. The molecule has 7 heteroatoms. The van der Waals surface area contributed by atoms with Crippen LogP contribution in [0, 0.1) is 0 Å². The SMILES string of the molecule is CCCCOc1ccc(Br)cc1/C=N/NC(=O)c1ccc(OCc2ccccc2)c(OC)c1. The monoisotopic (exact) mass is 510 g/mol. The minimum Gasteiger partial charge on any atom is -0.493 e. The zero-order valence-electron chi connectivity index (χ0n) is 18.7. The van der Waals surface area contributed by atoms with E-state index in [9.17, 15) is 4.79 Å². The number of carbonyl (C=O) groups is 1. The van der Waals surface area contributed by atoms with Gasteiger partial charge in [0, 0.05) is 15.6 Å². The summed E-state index contributed by atoms with van der Waals surface area (Å²) in [7, 11) is 1.54. The van der Waals surface area contributed by atoms with Gasteiger partial charge < -0.3 is 14.2 Å². The van der Waals surface area contributed by atoms with Crippen molar-refractivity contribution >= 4 is 28.1 Å². The Morgan fingerprint density at radius 1 is 1.00 bits per heavy atom. The van der Waals surface area contributed by atoms with E-state index in [1.54, 1.807) is 24.4 Å². The van der Waals surface area contributed by atoms with Crippen LogP contribution in [0.4, 0.5) is 0 Å². The standard InChI is InChI=1S/C26H27BrN2O4/c1-3-4-14-32-23-13-11-22(27)15-21(23)17-28-29-26(30)20-10-12-24(25(16-20)31-2)33-18-19-8-6-5-7-9-19/h5-13,15-17H,3-4,14,18H2,1-2H3,(H,29,30)/b28-17+. The number of amides is 1. The molecule has 3 aromatic rings. The molecule has 1 amide bonds. The molecule has 0 aliphatic carbocycles. The summed E-state index contributed by atoms with van der Waals surface area (Å²) in [6, 6.07) is 20.5. The number of hydrogen-bond donors (Lipinski definition) is 1. The number of methoxy groups -OCH3 is 1. The van der Waals surface area contributed by atoms with Gasteiger partial charge >= 0.3 is 0 Å². The molecule has 0 saturated carbocycles. The van der Waals surface area contributed by atoms with Gasteiger partial charge in [0.1, 0.15) is 12.4 Å². The summed E-state index contributed by atoms with van der Waals surface area (Å²) in [5.41, 5.74) is 4.77. The maximum Gasteiger partial charge on any atom is 0.271 e. The van der Waals surface area contributed by atoms with E-state index in [-0.39, 0.29) is 5.91 Å². The lowest BCUT2D eigenvalue weighted by atomic mass is 10.2. The number of carbonyl (C=O) groups excluding carboxylic acids is 1. The predicted octanol–water partition coefficient (Wildman–Crippen LogP) is 5.98. The van der Waals surface area contributed by atoms with Gasteiger partial charge in [-0.25, -0.2) is 5.43 Å². The smallest absolute Gasteiger partial charge is 0.271 e. The van der Waals surface area contributed by atoms with E-state index in [0.29, 0.717) is 36.0 Å². The van der Waals surface area contributed by atoms with E-state index in [1.165, 1.54) is 7.11 Å². The van der Waals surface area contributed by atoms with Crippen LogP contribution in [-0.4, -0.2) is 25.8 Å². The van der Waals surface area contributed by atoms with Gasteiger partial charge in [-0.05, 0) is 48.4 Å². The van der Waals surface area contributed by atoms with E-state index in [2.05, 4.69) is 33.4 Å². The first kappa shape index (κ1) is 24.3. The van der Waals surface area contributed by atoms with Crippen molar-refractivity contribution < 1.29 is 19.0 Å². The fourth-order valence-electron chi connectivity index (χ4n) is 2.97. The lowest BCUT2D eigenvalue weighted by molar-refractivity contribution is 0.0954. The molecule has 0 radical (unpaired) electrons. The second kappa shape index (κ2) is 12.6. The molecule has 3 rings (SSSR count). The van der Waals surface area contributed by atoms with Crippen LogP contribution in [0.3, 0.4) is 0 Å². The molecule has 0 atom stereocenters. The average molecular weight is 511 g/mol. The number of nitrogens with one attached hydrogen (secondary N) is 1. The van der Waals surface area contributed by atoms with Gasteiger partial charge in [0.2, 0.25) is 0 Å². The molecule has 0 bridgehead atoms. The van der Waals surface area contributed by atoms with Crippen molar-refractivity contribution in [1.82, 2.24) is 5.43 Å². The molecule has 0 saturated heterocycles. The Balaban J connectivity index is 1.64. The van der Waals surface area contributed by atoms with Crippen LogP contribution in [0.2, 0.25) is 0 Å². The highest BCUT2D eigenvalue weighted by Gasteiger charge is 2.11. The van der Waals surface area contributed by atoms with E-state index >= 15 is 0 Å². The predicted molar refractivity (Wildman–Crippen MR) is 133 cm³/mol. The highest BCUT2D eigenvalue weighted by atomic mass is 79.9. The first-order valence-corrected chi connectivity index (χ1v) is 11.5. The number of hydrazone groups is 1. The molecule has 0 aliphatic rings. The zero-order valence-corrected chi connectivity index (χ0v) is 20.3. The lowest BCUT2D eigenvalue weighted by Gasteiger charge is -2.12. The Labute approximate surface area is 202 Å². The largest absolute Gasteiger partial charge is 0.493 e. The third-order valence-corrected chi connectivity index (χ3v) is 5.25. The summed E-state index contributed by atoms with van der Waals surface area (Å²) in [4.78, 5) is 12.6. The van der Waals surface area contributed by atoms with Crippen molar-refractivity contribution in [2.24, 2.45) is 5.10 Å². The molecule has 0 unspecified atom stereocenters. The second-order valence-corrected chi connectivity index (χ2v) is 8.14. The van der Waals surface area contributed by atoms with Crippen molar-refractivity contribution in [3.05, 3.63) is 87.9 Å². The van der Waals surface area contributed by atoms with Crippen molar-refractivity contribution in [3.63, 3.8) is 0 Å². The van der Waals surface area contributed by atoms with Crippen molar-refractivity contribution in [3.8, 4) is 17.2 Å². The van der Waals surface area contributed by atoms with E-state index < -0.39 is 0 Å². The molecule has 33 heavy (non-hydrogen) atoms. The maximum absolute atomic E-state index is 12.6. The molecule has 6 nitrogen and oxygen atoms in total. The van der Waals surface area contributed by atoms with Gasteiger partial charge in [0.15, 0.2) is 11.5 Å². The first-order chi connectivity index (χ1) is 16.1. The van der Waals surface area contributed by atoms with Crippen LogP contribution in [-0.2, 0) is 6.61 Å². The van der Waals surface area contributed by atoms with Crippen LogP contribution in [0.25, 0.3) is 0 Å². The number of unbranched alkanes of at least 4 members (excludes halogenated alkanes) is 1. The fraction of sp³-hybridized carbons (Fsp3) is 0.231. The van der Waals surface area contributed by atoms with Crippen LogP contribution < -0.4 is 19.6 Å². The molecule has 0 aliphatic heterocycles. The van der Waals surface area contributed by atoms with Crippen LogP contribution in [0.1, 0.15) is 41.3 Å². The summed E-state index contributed by atoms with van der Waals surface area (Å²) in [5.74, 6) is 1.39. The molecule has 0 spiro atoms. The topological polar surface area (TPSA) is 69.2 Å². The average Bonchev–Trinajstić information content (AvgIpc) is 2.84. The second-order valence-electron chi connectivity index (χ2n) is 7.22. The zero-order chi connectivity index (χ0) is 23.5. The molecule has 3 aromatic carbocycles. The summed E-state index contributed by atoms with van der Waals surface area (Å²) in [6.07, 6.45) is 3.59. The van der Waals surface area contributed by atoms with Gasteiger partial charge in [-0.15, -0.1) is 0 Å². The van der Waals surface area contributed by atoms with Gasteiger partial charge in [-0.1, -0.05) is 59.6 Å². The molecule has 0 heterocycles. The Bertz CT molecular complexity index is 1090. The van der Waals surface area contributed by atoms with Gasteiger partial charge in [-0.3, -0.25) is 4.79 Å². The highest BCUT2D eigenvalue weighted by molar-refractivity contribution is 9.10. The number of benzene rings is 3. The van der Waals surface area contributed by atoms with Crippen molar-refractivity contribution in [2.45, 2.75) is 26.4 Å². The Morgan fingerprint density at radius 2 is 1.79 bits per heavy atom. The van der Waals surface area contributed by atoms with Crippen LogP contribution >= 0.6 is 15.9 Å². The first-order valence-electron chi connectivity index (χ1n) is 10.7. The minimum absolute atomic E-state index is 0.359. The Kier molecular flexibility index (Phi) is 9.32. The Hall–Kier alpha value is -3.32. The quantitative estimate of drug-likeness (QED) is 0.195. The van der Waals surface area contributed by atoms with Gasteiger partial charge in [0.25, 0.3) is 5.91 Å². The molecular formula is C26H27BrN2O4. The number of ether oxygens (including phenoxy) is 3. The number of rotatable bonds is 11. The molecule has 0 fully saturated rings. The van der Waals surface area contributed by atoms with Crippen molar-refractivity contribution in [2.75, 3.05) is 13.7 Å². The molecule has 1 N–H and O–H groups in total. The molecule has 172 valence electrons. The Morgan fingerprint density at radius 3 is 2.55 bits per heavy atom. The minimum atomic E-state index is -0.359. The summed E-state index contributed by atoms with van der Waals surface area (Å²) in [6.45, 7) is 3.14. The highest BCUT2D eigenvalue weighted by Crippen LogP contribution is 2.29. The van der Waals surface area contributed by atoms with Gasteiger partial charge in [0.05, 0.1) is 19.9 Å².